The number of carbonyl (C=O) groups is 1. The van der Waals surface area contributed by atoms with E-state index in [1.807, 2.05) is 27.9 Å². The van der Waals surface area contributed by atoms with Gasteiger partial charge >= 0.3 is 6.03 Å². The van der Waals surface area contributed by atoms with Gasteiger partial charge in [0.25, 0.3) is 6.01 Å². The summed E-state index contributed by atoms with van der Waals surface area (Å²) in [5.74, 6) is 0. The number of urea groups is 1. The fourth-order valence-corrected chi connectivity index (χ4v) is 2.10. The van der Waals surface area contributed by atoms with E-state index in [1.54, 1.807) is 23.1 Å². The largest absolute Gasteiger partial charge is 0.423 e. The van der Waals surface area contributed by atoms with Crippen LogP contribution in [0.1, 0.15) is 26.7 Å². The van der Waals surface area contributed by atoms with E-state index >= 15 is 0 Å². The highest BCUT2D eigenvalue weighted by Gasteiger charge is 2.22. The molecule has 0 bridgehead atoms. The summed E-state index contributed by atoms with van der Waals surface area (Å²) in [7, 11) is 3.69. The zero-order chi connectivity index (χ0) is 17.0. The molecule has 7 heteroatoms. The zero-order valence-electron chi connectivity index (χ0n) is 14.0. The molecule has 1 aromatic heterocycles. The predicted octanol–water partition coefficient (Wildman–Crippen LogP) is 2.57. The number of hydrogen-bond acceptors (Lipinski definition) is 5. The van der Waals surface area contributed by atoms with Gasteiger partial charge in [-0.15, -0.1) is 0 Å². The van der Waals surface area contributed by atoms with Crippen molar-refractivity contribution in [2.75, 3.05) is 30.9 Å². The molecule has 2 rings (SSSR count). The molecule has 0 spiro atoms. The minimum absolute atomic E-state index is 0.211. The second-order valence-corrected chi connectivity index (χ2v) is 5.81. The Bertz CT molecular complexity index is 677. The first kappa shape index (κ1) is 17.1. The molecule has 3 N–H and O–H groups in total. The van der Waals surface area contributed by atoms with Gasteiger partial charge in [0.05, 0.1) is 5.60 Å². The number of fused-ring (bicyclic) bond motifs is 1. The van der Waals surface area contributed by atoms with Gasteiger partial charge in [-0.2, -0.15) is 4.98 Å². The lowest BCUT2D eigenvalue weighted by Crippen LogP contribution is -2.43. The molecule has 0 saturated heterocycles. The van der Waals surface area contributed by atoms with E-state index in [9.17, 15) is 9.90 Å². The Hall–Kier alpha value is -2.28. The first-order valence-electron chi connectivity index (χ1n) is 7.72. The number of hydrogen-bond donors (Lipinski definition) is 3. The summed E-state index contributed by atoms with van der Waals surface area (Å²) in [6, 6.07) is 5.41. The van der Waals surface area contributed by atoms with Crippen LogP contribution in [-0.2, 0) is 0 Å². The van der Waals surface area contributed by atoms with E-state index in [0.29, 0.717) is 35.6 Å². The van der Waals surface area contributed by atoms with Crippen molar-refractivity contribution in [1.82, 2.24) is 10.3 Å². The fraction of sp³-hybridized carbons (Fsp3) is 0.500. The molecule has 0 fully saturated rings. The van der Waals surface area contributed by atoms with Crippen molar-refractivity contribution < 1.29 is 14.3 Å². The van der Waals surface area contributed by atoms with Gasteiger partial charge in [-0.05, 0) is 31.0 Å². The van der Waals surface area contributed by atoms with Crippen LogP contribution in [0.4, 0.5) is 16.5 Å². The number of nitrogens with zero attached hydrogens (tertiary/aromatic N) is 2. The van der Waals surface area contributed by atoms with Crippen LogP contribution in [0.15, 0.2) is 22.6 Å². The molecule has 0 atom stereocenters. The van der Waals surface area contributed by atoms with Crippen molar-refractivity contribution in [3.8, 4) is 0 Å². The van der Waals surface area contributed by atoms with Gasteiger partial charge in [-0.1, -0.05) is 13.8 Å². The molecule has 7 nitrogen and oxygen atoms in total. The quantitative estimate of drug-likeness (QED) is 0.761. The highest BCUT2D eigenvalue weighted by molar-refractivity contribution is 5.91. The van der Waals surface area contributed by atoms with Crippen molar-refractivity contribution in [3.63, 3.8) is 0 Å². The second-order valence-electron chi connectivity index (χ2n) is 5.81. The van der Waals surface area contributed by atoms with E-state index in [-0.39, 0.29) is 12.6 Å². The number of benzene rings is 1. The third-order valence-electron chi connectivity index (χ3n) is 3.91. The monoisotopic (exact) mass is 320 g/mol. The summed E-state index contributed by atoms with van der Waals surface area (Å²) >= 11 is 0. The summed E-state index contributed by atoms with van der Waals surface area (Å²) in [6.45, 7) is 4.00. The van der Waals surface area contributed by atoms with E-state index in [2.05, 4.69) is 15.6 Å². The standard InChI is InChI=1S/C16H24N4O3/c1-5-16(22,6-2)10-17-14(21)18-11-7-8-13-12(9-11)19-15(23-13)20(3)4/h7-9,22H,5-6,10H2,1-4H3,(H2,17,18,21). The number of carbonyl (C=O) groups excluding carboxylic acids is 1. The molecular formula is C16H24N4O3. The number of anilines is 2. The molecule has 1 aromatic carbocycles. The molecule has 0 unspecified atom stereocenters. The van der Waals surface area contributed by atoms with Gasteiger partial charge in [0.15, 0.2) is 5.58 Å². The van der Waals surface area contributed by atoms with Gasteiger partial charge in [0, 0.05) is 26.3 Å². The molecule has 1 heterocycles. The van der Waals surface area contributed by atoms with Crippen molar-refractivity contribution >= 4 is 28.8 Å². The summed E-state index contributed by atoms with van der Waals surface area (Å²) in [5.41, 5.74) is 1.08. The molecule has 0 saturated carbocycles. The minimum atomic E-state index is -0.867. The topological polar surface area (TPSA) is 90.6 Å². The Balaban J connectivity index is 2.02. The van der Waals surface area contributed by atoms with Crippen molar-refractivity contribution in [2.45, 2.75) is 32.3 Å². The third kappa shape index (κ3) is 4.13. The van der Waals surface area contributed by atoms with Crippen LogP contribution in [0, 0.1) is 0 Å². The fourth-order valence-electron chi connectivity index (χ4n) is 2.10. The van der Waals surface area contributed by atoms with Crippen LogP contribution < -0.4 is 15.5 Å². The van der Waals surface area contributed by atoms with Crippen molar-refractivity contribution in [1.29, 1.82) is 0 Å². The van der Waals surface area contributed by atoms with Crippen LogP contribution in [0.25, 0.3) is 11.1 Å². The second kappa shape index (κ2) is 6.87. The lowest BCUT2D eigenvalue weighted by molar-refractivity contribution is 0.0354. The molecule has 0 aliphatic heterocycles. The van der Waals surface area contributed by atoms with Crippen LogP contribution in [0.5, 0.6) is 0 Å². The number of nitrogens with one attached hydrogen (secondary N) is 2. The molecule has 2 amide bonds. The molecule has 126 valence electrons. The highest BCUT2D eigenvalue weighted by Crippen LogP contribution is 2.23. The Labute approximate surface area is 135 Å². The summed E-state index contributed by atoms with van der Waals surface area (Å²) < 4.78 is 5.56. The highest BCUT2D eigenvalue weighted by atomic mass is 16.4. The Morgan fingerprint density at radius 1 is 1.35 bits per heavy atom. The van der Waals surface area contributed by atoms with Gasteiger partial charge in [-0.3, -0.25) is 0 Å². The average Bonchev–Trinajstić information content (AvgIpc) is 2.96. The van der Waals surface area contributed by atoms with E-state index in [0.717, 1.165) is 0 Å². The van der Waals surface area contributed by atoms with Crippen LogP contribution in [-0.4, -0.2) is 42.4 Å². The summed E-state index contributed by atoms with van der Waals surface area (Å²) in [6.07, 6.45) is 1.17. The minimum Gasteiger partial charge on any atom is -0.423 e. The molecule has 0 radical (unpaired) electrons. The van der Waals surface area contributed by atoms with Crippen LogP contribution in [0.2, 0.25) is 0 Å². The van der Waals surface area contributed by atoms with Crippen LogP contribution >= 0.6 is 0 Å². The lowest BCUT2D eigenvalue weighted by Gasteiger charge is -2.25. The summed E-state index contributed by atoms with van der Waals surface area (Å²) in [4.78, 5) is 18.1. The maximum absolute atomic E-state index is 12.0. The first-order chi connectivity index (χ1) is 10.9. The van der Waals surface area contributed by atoms with Gasteiger partial charge in [0.1, 0.15) is 5.52 Å². The number of rotatable bonds is 6. The first-order valence-corrected chi connectivity index (χ1v) is 7.72. The molecule has 0 aliphatic rings. The Morgan fingerprint density at radius 2 is 2.04 bits per heavy atom. The normalized spacial score (nSPS) is 11.5. The lowest BCUT2D eigenvalue weighted by atomic mass is 9.98. The SMILES string of the molecule is CCC(O)(CC)CNC(=O)Nc1ccc2oc(N(C)C)nc2c1. The van der Waals surface area contributed by atoms with E-state index in [1.165, 1.54) is 0 Å². The van der Waals surface area contributed by atoms with E-state index < -0.39 is 5.60 Å². The average molecular weight is 320 g/mol. The van der Waals surface area contributed by atoms with Crippen LogP contribution in [0.3, 0.4) is 0 Å². The Morgan fingerprint density at radius 3 is 2.65 bits per heavy atom. The zero-order valence-corrected chi connectivity index (χ0v) is 14.0. The number of aromatic nitrogens is 1. The number of oxazole rings is 1. The number of aliphatic hydroxyl groups is 1. The van der Waals surface area contributed by atoms with Gasteiger partial charge in [0.2, 0.25) is 0 Å². The molecule has 2 aromatic rings. The Kier molecular flexibility index (Phi) is 5.10. The van der Waals surface area contributed by atoms with E-state index in [4.69, 9.17) is 4.42 Å². The number of amides is 2. The smallest absolute Gasteiger partial charge is 0.319 e. The molecular weight excluding hydrogens is 296 g/mol. The van der Waals surface area contributed by atoms with Crippen molar-refractivity contribution in [2.24, 2.45) is 0 Å². The molecule has 23 heavy (non-hydrogen) atoms. The third-order valence-corrected chi connectivity index (χ3v) is 3.91. The molecule has 0 aliphatic carbocycles. The predicted molar refractivity (Wildman–Crippen MR) is 90.9 cm³/mol. The van der Waals surface area contributed by atoms with Gasteiger partial charge in [-0.25, -0.2) is 4.79 Å². The maximum atomic E-state index is 12.0. The van der Waals surface area contributed by atoms with Crippen molar-refractivity contribution in [3.05, 3.63) is 18.2 Å². The maximum Gasteiger partial charge on any atom is 0.319 e. The van der Waals surface area contributed by atoms with Gasteiger partial charge < -0.3 is 25.1 Å². The summed E-state index contributed by atoms with van der Waals surface area (Å²) in [5, 5.41) is 15.6.